The van der Waals surface area contributed by atoms with Crippen molar-refractivity contribution in [3.8, 4) is 0 Å². The Morgan fingerprint density at radius 1 is 1.19 bits per heavy atom. The monoisotopic (exact) mass is 402 g/mol. The number of nitrogens with zero attached hydrogens (tertiary/aromatic N) is 1. The molecule has 1 N–H and O–H groups in total. The molecule has 0 unspecified atom stereocenters. The van der Waals surface area contributed by atoms with Crippen LogP contribution in [0.1, 0.15) is 37.8 Å². The molecule has 2 rings (SSSR count). The van der Waals surface area contributed by atoms with Crippen molar-refractivity contribution in [1.82, 2.24) is 9.62 Å². The normalized spacial score (nSPS) is 20.5. The lowest BCUT2D eigenvalue weighted by Crippen LogP contribution is -2.45. The molecule has 0 aromatic heterocycles. The lowest BCUT2D eigenvalue weighted by Gasteiger charge is -2.31. The van der Waals surface area contributed by atoms with Gasteiger partial charge >= 0.3 is 0 Å². The van der Waals surface area contributed by atoms with Crippen LogP contribution in [0.15, 0.2) is 29.2 Å². The molecule has 1 heterocycles. The van der Waals surface area contributed by atoms with E-state index in [-0.39, 0.29) is 29.3 Å². The molecule has 1 aliphatic heterocycles. The molecule has 1 fully saturated rings. The maximum atomic E-state index is 12.6. The lowest BCUT2D eigenvalue weighted by atomic mass is 9.97. The van der Waals surface area contributed by atoms with E-state index in [0.717, 1.165) is 18.1 Å². The molecule has 0 bridgehead atoms. The minimum atomic E-state index is -3.30. The highest BCUT2D eigenvalue weighted by Gasteiger charge is 2.31. The number of benzene rings is 1. The van der Waals surface area contributed by atoms with E-state index >= 15 is 0 Å². The van der Waals surface area contributed by atoms with Crippen molar-refractivity contribution in [1.29, 1.82) is 0 Å². The van der Waals surface area contributed by atoms with E-state index in [2.05, 4.69) is 5.32 Å². The molecule has 9 heteroatoms. The van der Waals surface area contributed by atoms with E-state index in [9.17, 15) is 21.6 Å². The number of hydrogen-bond donors (Lipinski definition) is 1. The van der Waals surface area contributed by atoms with Gasteiger partial charge < -0.3 is 5.32 Å². The van der Waals surface area contributed by atoms with E-state index in [1.807, 2.05) is 6.92 Å². The summed E-state index contributed by atoms with van der Waals surface area (Å²) in [6, 6.07) is 6.23. The number of piperidine rings is 1. The molecule has 1 aromatic carbocycles. The summed E-state index contributed by atoms with van der Waals surface area (Å²) in [7, 11) is -6.56. The first-order valence-electron chi connectivity index (χ1n) is 8.58. The van der Waals surface area contributed by atoms with Gasteiger partial charge in [-0.3, -0.25) is 4.79 Å². The van der Waals surface area contributed by atoms with Crippen molar-refractivity contribution in [2.45, 2.75) is 37.1 Å². The van der Waals surface area contributed by atoms with Crippen molar-refractivity contribution in [2.24, 2.45) is 5.92 Å². The van der Waals surface area contributed by atoms with Gasteiger partial charge in [-0.1, -0.05) is 19.1 Å². The van der Waals surface area contributed by atoms with Gasteiger partial charge in [0.1, 0.15) is 0 Å². The van der Waals surface area contributed by atoms with E-state index in [1.54, 1.807) is 12.1 Å². The Labute approximate surface area is 155 Å². The molecule has 0 saturated carbocycles. The van der Waals surface area contributed by atoms with E-state index in [4.69, 9.17) is 0 Å². The van der Waals surface area contributed by atoms with Crippen molar-refractivity contribution >= 4 is 25.8 Å². The first-order chi connectivity index (χ1) is 12.0. The van der Waals surface area contributed by atoms with Gasteiger partial charge in [0.25, 0.3) is 0 Å². The average Bonchev–Trinajstić information content (AvgIpc) is 2.58. The SMILES string of the molecule is CC[C@H](NC(=O)[C@H]1CCCN(S(C)(=O)=O)C1)c1ccc(S(C)(=O)=O)cc1. The summed E-state index contributed by atoms with van der Waals surface area (Å²) < 4.78 is 47.9. The van der Waals surface area contributed by atoms with Crippen molar-refractivity contribution in [3.05, 3.63) is 29.8 Å². The molecule has 1 aliphatic rings. The van der Waals surface area contributed by atoms with Gasteiger partial charge in [-0.05, 0) is 37.0 Å². The highest BCUT2D eigenvalue weighted by atomic mass is 32.2. The standard InChI is InChI=1S/C17H26N2O5S2/c1-4-16(13-7-9-15(10-8-13)25(2,21)22)18-17(20)14-6-5-11-19(12-14)26(3,23)24/h7-10,14,16H,4-6,11-12H2,1-3H3,(H,18,20)/t14-,16-/m0/s1. The fourth-order valence-corrected chi connectivity index (χ4v) is 4.66. The number of carbonyl (C=O) groups is 1. The van der Waals surface area contributed by atoms with Crippen molar-refractivity contribution in [3.63, 3.8) is 0 Å². The predicted molar refractivity (Wildman–Crippen MR) is 99.9 cm³/mol. The Morgan fingerprint density at radius 3 is 2.31 bits per heavy atom. The second-order valence-corrected chi connectivity index (χ2v) is 10.8. The molecule has 7 nitrogen and oxygen atoms in total. The van der Waals surface area contributed by atoms with Crippen molar-refractivity contribution < 1.29 is 21.6 Å². The van der Waals surface area contributed by atoms with E-state index in [1.165, 1.54) is 16.4 Å². The fraction of sp³-hybridized carbons (Fsp3) is 0.588. The lowest BCUT2D eigenvalue weighted by molar-refractivity contribution is -0.126. The smallest absolute Gasteiger partial charge is 0.224 e. The second-order valence-electron chi connectivity index (χ2n) is 6.77. The maximum absolute atomic E-state index is 12.6. The second kappa shape index (κ2) is 8.06. The number of amides is 1. The summed E-state index contributed by atoms with van der Waals surface area (Å²) in [5, 5.41) is 2.97. The minimum absolute atomic E-state index is 0.169. The van der Waals surface area contributed by atoms with Crippen LogP contribution < -0.4 is 5.32 Å². The Bertz CT molecular complexity index is 848. The van der Waals surface area contributed by atoms with Crippen LogP contribution >= 0.6 is 0 Å². The van der Waals surface area contributed by atoms with Gasteiger partial charge in [0.2, 0.25) is 15.9 Å². The highest BCUT2D eigenvalue weighted by molar-refractivity contribution is 7.90. The molecule has 146 valence electrons. The molecule has 1 aromatic rings. The van der Waals surface area contributed by atoms with Crippen LogP contribution in [0.2, 0.25) is 0 Å². The third-order valence-corrected chi connectivity index (χ3v) is 7.06. The first-order valence-corrected chi connectivity index (χ1v) is 12.3. The number of nitrogens with one attached hydrogen (secondary N) is 1. The molecular formula is C17H26N2O5S2. The third kappa shape index (κ3) is 5.28. The maximum Gasteiger partial charge on any atom is 0.224 e. The number of hydrogen-bond acceptors (Lipinski definition) is 5. The zero-order valence-corrected chi connectivity index (χ0v) is 16.9. The third-order valence-electron chi connectivity index (χ3n) is 4.66. The molecule has 26 heavy (non-hydrogen) atoms. The zero-order chi connectivity index (χ0) is 19.5. The summed E-state index contributed by atoms with van der Waals surface area (Å²) in [4.78, 5) is 12.8. The Morgan fingerprint density at radius 2 is 1.81 bits per heavy atom. The molecule has 0 spiro atoms. The van der Waals surface area contributed by atoms with Crippen LogP contribution in [-0.4, -0.2) is 52.6 Å². The Balaban J connectivity index is 2.08. The van der Waals surface area contributed by atoms with E-state index < -0.39 is 19.9 Å². The Kier molecular flexibility index (Phi) is 6.46. The van der Waals surface area contributed by atoms with E-state index in [0.29, 0.717) is 25.8 Å². The van der Waals surface area contributed by atoms with Gasteiger partial charge in [-0.15, -0.1) is 0 Å². The number of sulfonamides is 1. The molecule has 0 aliphatic carbocycles. The predicted octanol–water partition coefficient (Wildman–Crippen LogP) is 1.33. The van der Waals surface area contributed by atoms with Gasteiger partial charge in [0, 0.05) is 19.3 Å². The summed E-state index contributed by atoms with van der Waals surface area (Å²) in [5.41, 5.74) is 0.823. The van der Waals surface area contributed by atoms with Crippen LogP contribution in [0.3, 0.4) is 0 Å². The molecule has 1 amide bonds. The molecular weight excluding hydrogens is 376 g/mol. The summed E-state index contributed by atoms with van der Waals surface area (Å²) in [5.74, 6) is -0.541. The quantitative estimate of drug-likeness (QED) is 0.774. The summed E-state index contributed by atoms with van der Waals surface area (Å²) >= 11 is 0. The molecule has 2 atom stereocenters. The molecule has 0 radical (unpaired) electrons. The van der Waals surface area contributed by atoms with Crippen LogP contribution in [0.4, 0.5) is 0 Å². The largest absolute Gasteiger partial charge is 0.349 e. The number of sulfone groups is 1. The van der Waals surface area contributed by atoms with Gasteiger partial charge in [-0.2, -0.15) is 0 Å². The zero-order valence-electron chi connectivity index (χ0n) is 15.3. The van der Waals surface area contributed by atoms with Crippen molar-refractivity contribution in [2.75, 3.05) is 25.6 Å². The number of rotatable bonds is 6. The van der Waals surface area contributed by atoms with Gasteiger partial charge in [0.15, 0.2) is 9.84 Å². The fourth-order valence-electron chi connectivity index (χ4n) is 3.12. The Hall–Kier alpha value is -1.45. The van der Waals surface area contributed by atoms with Gasteiger partial charge in [-0.25, -0.2) is 21.1 Å². The van der Waals surface area contributed by atoms with Crippen LogP contribution in [0.25, 0.3) is 0 Å². The summed E-state index contributed by atoms with van der Waals surface area (Å²) in [6.45, 7) is 2.58. The average molecular weight is 403 g/mol. The first kappa shape index (κ1) is 20.9. The van der Waals surface area contributed by atoms with Gasteiger partial charge in [0.05, 0.1) is 23.1 Å². The highest BCUT2D eigenvalue weighted by Crippen LogP contribution is 2.23. The minimum Gasteiger partial charge on any atom is -0.349 e. The molecule has 1 saturated heterocycles. The topological polar surface area (TPSA) is 101 Å². The van der Waals surface area contributed by atoms with Crippen LogP contribution in [0.5, 0.6) is 0 Å². The van der Waals surface area contributed by atoms with Crippen LogP contribution in [-0.2, 0) is 24.7 Å². The summed E-state index contributed by atoms with van der Waals surface area (Å²) in [6.07, 6.45) is 4.27. The number of carbonyl (C=O) groups excluding carboxylic acids is 1. The van der Waals surface area contributed by atoms with Crippen LogP contribution in [0, 0.1) is 5.92 Å².